The summed E-state index contributed by atoms with van der Waals surface area (Å²) in [5.41, 5.74) is 1.04. The van der Waals surface area contributed by atoms with Crippen LogP contribution in [0.25, 0.3) is 0 Å². The second-order valence-corrected chi connectivity index (χ2v) is 5.10. The van der Waals surface area contributed by atoms with Gasteiger partial charge in [0, 0.05) is 16.1 Å². The molecule has 0 fully saturated rings. The molecule has 2 aromatic rings. The zero-order chi connectivity index (χ0) is 14.5. The van der Waals surface area contributed by atoms with E-state index < -0.39 is 5.97 Å². The number of nitrogens with zero attached hydrogens (tertiary/aromatic N) is 1. The molecular formula is C15H13BrClNO3. The molecule has 110 valence electrons. The summed E-state index contributed by atoms with van der Waals surface area (Å²) in [5.74, 6) is -0.444. The molecule has 0 saturated heterocycles. The highest BCUT2D eigenvalue weighted by atomic mass is 79.9. The summed E-state index contributed by atoms with van der Waals surface area (Å²) >= 11 is 3.33. The summed E-state index contributed by atoms with van der Waals surface area (Å²) in [6.07, 6.45) is 3.34. The van der Waals surface area contributed by atoms with Gasteiger partial charge in [0.2, 0.25) is 12.3 Å². The number of esters is 1. The van der Waals surface area contributed by atoms with Gasteiger partial charge in [-0.1, -0.05) is 28.1 Å². The predicted octanol–water partition coefficient (Wildman–Crippen LogP) is -0.590. The number of methoxy groups -OCH3 is 1. The van der Waals surface area contributed by atoms with Crippen LogP contribution >= 0.6 is 15.9 Å². The number of benzene rings is 1. The molecule has 1 aromatic carbocycles. The molecule has 6 heteroatoms. The average molecular weight is 371 g/mol. The molecule has 0 atom stereocenters. The van der Waals surface area contributed by atoms with Gasteiger partial charge in [-0.05, 0) is 18.2 Å². The second-order valence-electron chi connectivity index (χ2n) is 4.19. The standard InChI is InChI=1S/C15H13BrNO3.ClH/c1-20-15(19)12-3-2-8-17(9-12)10-14(18)11-4-6-13(16)7-5-11;/h2-9H,10H2,1H3;1H/q+1;/p-1. The van der Waals surface area contributed by atoms with Crippen LogP contribution in [0.5, 0.6) is 0 Å². The van der Waals surface area contributed by atoms with E-state index in [0.717, 1.165) is 4.47 Å². The van der Waals surface area contributed by atoms with Crippen LogP contribution in [-0.2, 0) is 11.3 Å². The van der Waals surface area contributed by atoms with Gasteiger partial charge in [0.25, 0.3) is 0 Å². The van der Waals surface area contributed by atoms with Gasteiger partial charge < -0.3 is 17.1 Å². The number of aromatic nitrogens is 1. The quantitative estimate of drug-likeness (QED) is 0.411. The molecule has 2 rings (SSSR count). The van der Waals surface area contributed by atoms with Gasteiger partial charge in [-0.25, -0.2) is 4.79 Å². The van der Waals surface area contributed by atoms with Crippen molar-refractivity contribution in [3.63, 3.8) is 0 Å². The van der Waals surface area contributed by atoms with Crippen LogP contribution < -0.4 is 17.0 Å². The van der Waals surface area contributed by atoms with Crippen molar-refractivity contribution >= 4 is 27.7 Å². The maximum Gasteiger partial charge on any atom is 0.343 e. The highest BCUT2D eigenvalue weighted by molar-refractivity contribution is 9.10. The molecule has 0 aliphatic rings. The summed E-state index contributed by atoms with van der Waals surface area (Å²) in [6, 6.07) is 10.5. The molecule has 0 radical (unpaired) electrons. The first kappa shape index (κ1) is 17.3. The Morgan fingerprint density at radius 1 is 1.14 bits per heavy atom. The number of ether oxygens (including phenoxy) is 1. The minimum Gasteiger partial charge on any atom is -1.00 e. The molecule has 0 aliphatic carbocycles. The van der Waals surface area contributed by atoms with Crippen molar-refractivity contribution in [2.24, 2.45) is 0 Å². The highest BCUT2D eigenvalue weighted by Crippen LogP contribution is 2.11. The van der Waals surface area contributed by atoms with Gasteiger partial charge in [-0.15, -0.1) is 0 Å². The fourth-order valence-electron chi connectivity index (χ4n) is 1.75. The van der Waals surface area contributed by atoms with Gasteiger partial charge >= 0.3 is 5.97 Å². The third-order valence-corrected chi connectivity index (χ3v) is 3.30. The average Bonchev–Trinajstić information content (AvgIpc) is 2.47. The van der Waals surface area contributed by atoms with Crippen molar-refractivity contribution in [2.75, 3.05) is 7.11 Å². The van der Waals surface area contributed by atoms with Crippen molar-refractivity contribution in [2.45, 2.75) is 6.54 Å². The largest absolute Gasteiger partial charge is 1.00 e. The fraction of sp³-hybridized carbons (Fsp3) is 0.133. The van der Waals surface area contributed by atoms with Crippen molar-refractivity contribution < 1.29 is 31.3 Å². The predicted molar refractivity (Wildman–Crippen MR) is 76.4 cm³/mol. The first-order valence-electron chi connectivity index (χ1n) is 5.96. The van der Waals surface area contributed by atoms with E-state index in [-0.39, 0.29) is 24.7 Å². The molecular weight excluding hydrogens is 358 g/mol. The minimum atomic E-state index is -0.421. The van der Waals surface area contributed by atoms with E-state index in [2.05, 4.69) is 20.7 Å². The summed E-state index contributed by atoms with van der Waals surface area (Å²) in [5, 5.41) is 0. The topological polar surface area (TPSA) is 47.2 Å². The Morgan fingerprint density at radius 2 is 1.81 bits per heavy atom. The first-order chi connectivity index (χ1) is 9.60. The zero-order valence-corrected chi connectivity index (χ0v) is 13.6. The molecule has 21 heavy (non-hydrogen) atoms. The number of ketones is 1. The van der Waals surface area contributed by atoms with E-state index >= 15 is 0 Å². The third kappa shape index (κ3) is 4.65. The summed E-state index contributed by atoms with van der Waals surface area (Å²) in [4.78, 5) is 23.6. The van der Waals surface area contributed by atoms with Crippen molar-refractivity contribution in [1.82, 2.24) is 0 Å². The number of hydrogen-bond donors (Lipinski definition) is 0. The molecule has 0 unspecified atom stereocenters. The lowest BCUT2D eigenvalue weighted by molar-refractivity contribution is -0.683. The van der Waals surface area contributed by atoms with Crippen LogP contribution in [0.4, 0.5) is 0 Å². The number of carbonyl (C=O) groups is 2. The monoisotopic (exact) mass is 369 g/mol. The number of carbonyl (C=O) groups excluding carboxylic acids is 2. The molecule has 0 amide bonds. The molecule has 0 aliphatic heterocycles. The van der Waals surface area contributed by atoms with Crippen LogP contribution in [0.15, 0.2) is 53.3 Å². The van der Waals surface area contributed by atoms with Gasteiger partial charge in [0.1, 0.15) is 5.56 Å². The molecule has 0 spiro atoms. The van der Waals surface area contributed by atoms with E-state index in [0.29, 0.717) is 11.1 Å². The third-order valence-electron chi connectivity index (χ3n) is 2.77. The highest BCUT2D eigenvalue weighted by Gasteiger charge is 2.15. The lowest BCUT2D eigenvalue weighted by Gasteiger charge is -2.00. The van der Waals surface area contributed by atoms with Crippen molar-refractivity contribution in [1.29, 1.82) is 0 Å². The molecule has 4 nitrogen and oxygen atoms in total. The maximum atomic E-state index is 12.1. The molecule has 1 aromatic heterocycles. The van der Waals surface area contributed by atoms with E-state index in [1.54, 1.807) is 41.2 Å². The molecule has 0 N–H and O–H groups in total. The molecule has 0 bridgehead atoms. The van der Waals surface area contributed by atoms with Crippen LogP contribution in [0, 0.1) is 0 Å². The molecule has 1 heterocycles. The zero-order valence-electron chi connectivity index (χ0n) is 11.3. The normalized spacial score (nSPS) is 9.62. The van der Waals surface area contributed by atoms with E-state index in [1.807, 2.05) is 12.1 Å². The Labute approximate surface area is 137 Å². The lowest BCUT2D eigenvalue weighted by Crippen LogP contribution is -3.00. The SMILES string of the molecule is COC(=O)c1ccc[n+](CC(=O)c2ccc(Br)cc2)c1.[Cl-]. The Hall–Kier alpha value is -1.72. The number of hydrogen-bond acceptors (Lipinski definition) is 3. The maximum absolute atomic E-state index is 12.1. The molecule has 0 saturated carbocycles. The van der Waals surface area contributed by atoms with Crippen LogP contribution in [0.3, 0.4) is 0 Å². The van der Waals surface area contributed by atoms with E-state index in [1.165, 1.54) is 7.11 Å². The van der Waals surface area contributed by atoms with E-state index in [4.69, 9.17) is 0 Å². The lowest BCUT2D eigenvalue weighted by atomic mass is 10.1. The number of halogens is 2. The van der Waals surface area contributed by atoms with Gasteiger partial charge in [-0.3, -0.25) is 4.79 Å². The first-order valence-corrected chi connectivity index (χ1v) is 6.75. The summed E-state index contributed by atoms with van der Waals surface area (Å²) < 4.78 is 7.24. The van der Waals surface area contributed by atoms with Crippen molar-refractivity contribution in [3.05, 3.63) is 64.4 Å². The Bertz CT molecular complexity index is 644. The van der Waals surface area contributed by atoms with Gasteiger partial charge in [0.15, 0.2) is 12.4 Å². The summed E-state index contributed by atoms with van der Waals surface area (Å²) in [7, 11) is 1.33. The number of Topliss-reactive ketones (excluding diaryl/α,β-unsaturated/α-hetero) is 1. The summed E-state index contributed by atoms with van der Waals surface area (Å²) in [6.45, 7) is 0.173. The van der Waals surface area contributed by atoms with Crippen LogP contribution in [0.1, 0.15) is 20.7 Å². The van der Waals surface area contributed by atoms with Crippen LogP contribution in [0.2, 0.25) is 0 Å². The fourth-order valence-corrected chi connectivity index (χ4v) is 2.02. The Morgan fingerprint density at radius 3 is 2.43 bits per heavy atom. The Balaban J connectivity index is 0.00000220. The van der Waals surface area contributed by atoms with Crippen molar-refractivity contribution in [3.8, 4) is 0 Å². The second kappa shape index (κ2) is 7.90. The minimum absolute atomic E-state index is 0. The smallest absolute Gasteiger partial charge is 0.343 e. The van der Waals surface area contributed by atoms with Gasteiger partial charge in [-0.2, -0.15) is 4.57 Å². The van der Waals surface area contributed by atoms with E-state index in [9.17, 15) is 9.59 Å². The number of rotatable bonds is 4. The Kier molecular flexibility index (Phi) is 6.52. The van der Waals surface area contributed by atoms with Gasteiger partial charge in [0.05, 0.1) is 7.11 Å². The van der Waals surface area contributed by atoms with Crippen LogP contribution in [-0.4, -0.2) is 18.9 Å². The number of pyridine rings is 1.